The van der Waals surface area contributed by atoms with Crippen molar-refractivity contribution in [1.82, 2.24) is 0 Å². The highest BCUT2D eigenvalue weighted by Crippen LogP contribution is 2.23. The zero-order valence-corrected chi connectivity index (χ0v) is 11.4. The van der Waals surface area contributed by atoms with Crippen LogP contribution in [0.2, 0.25) is 0 Å². The van der Waals surface area contributed by atoms with Gasteiger partial charge in [-0.3, -0.25) is 4.79 Å². The molecule has 1 rings (SSSR count). The summed E-state index contributed by atoms with van der Waals surface area (Å²) in [6.45, 7) is 2.33. The highest BCUT2D eigenvalue weighted by atomic mass is 16.5. The summed E-state index contributed by atoms with van der Waals surface area (Å²) in [5.74, 6) is -0.477. The maximum absolute atomic E-state index is 11.5. The van der Waals surface area contributed by atoms with Crippen LogP contribution in [0.5, 0.6) is 0 Å². The predicted octanol–water partition coefficient (Wildman–Crippen LogP) is 0.467. The van der Waals surface area contributed by atoms with E-state index in [-0.39, 0.29) is 0 Å². The van der Waals surface area contributed by atoms with Crippen molar-refractivity contribution in [3.63, 3.8) is 0 Å². The summed E-state index contributed by atoms with van der Waals surface area (Å²) in [6, 6.07) is 5.04. The third-order valence-corrected chi connectivity index (χ3v) is 2.76. The quantitative estimate of drug-likeness (QED) is 0.668. The molecule has 0 saturated heterocycles. The molecule has 0 atom stereocenters. The fraction of sp³-hybridized carbons (Fsp3) is 0.462. The van der Waals surface area contributed by atoms with Crippen molar-refractivity contribution >= 4 is 17.3 Å². The fourth-order valence-electron chi connectivity index (χ4n) is 1.77. The Balaban J connectivity index is 3.03. The van der Waals surface area contributed by atoms with Gasteiger partial charge in [-0.15, -0.1) is 0 Å². The van der Waals surface area contributed by atoms with Gasteiger partial charge in [-0.2, -0.15) is 0 Å². The topological polar surface area (TPSA) is 90.8 Å². The van der Waals surface area contributed by atoms with E-state index in [0.29, 0.717) is 43.2 Å². The lowest BCUT2D eigenvalue weighted by atomic mass is 10.1. The molecular formula is C13H21N3O3. The summed E-state index contributed by atoms with van der Waals surface area (Å²) >= 11 is 0. The molecular weight excluding hydrogens is 246 g/mol. The van der Waals surface area contributed by atoms with Crippen LogP contribution < -0.4 is 16.4 Å². The first kappa shape index (κ1) is 15.3. The maximum Gasteiger partial charge on any atom is 0.250 e. The van der Waals surface area contributed by atoms with Gasteiger partial charge in [-0.05, 0) is 18.2 Å². The third-order valence-electron chi connectivity index (χ3n) is 2.76. The molecule has 0 unspecified atom stereocenters. The maximum atomic E-state index is 11.5. The molecule has 0 radical (unpaired) electrons. The van der Waals surface area contributed by atoms with E-state index < -0.39 is 5.91 Å². The predicted molar refractivity (Wildman–Crippen MR) is 75.3 cm³/mol. The highest BCUT2D eigenvalue weighted by molar-refractivity contribution is 5.99. The number of carbonyl (C=O) groups is 1. The van der Waals surface area contributed by atoms with E-state index >= 15 is 0 Å². The lowest BCUT2D eigenvalue weighted by molar-refractivity contribution is 0.100. The standard InChI is InChI=1S/C13H21N3O3/c1-18-7-5-16(6-8-19-2)12-9-10(14)3-4-11(12)13(15)17/h3-4,9H,5-8,14H2,1-2H3,(H2,15,17). The molecule has 1 aromatic carbocycles. The van der Waals surface area contributed by atoms with E-state index in [1.165, 1.54) is 0 Å². The summed E-state index contributed by atoms with van der Waals surface area (Å²) in [5, 5.41) is 0. The third kappa shape index (κ3) is 4.42. The van der Waals surface area contributed by atoms with Gasteiger partial charge in [-0.1, -0.05) is 0 Å². The SMILES string of the molecule is COCCN(CCOC)c1cc(N)ccc1C(N)=O. The van der Waals surface area contributed by atoms with E-state index in [2.05, 4.69) is 0 Å². The fourth-order valence-corrected chi connectivity index (χ4v) is 1.77. The van der Waals surface area contributed by atoms with Gasteiger partial charge in [-0.25, -0.2) is 0 Å². The van der Waals surface area contributed by atoms with E-state index in [1.54, 1.807) is 32.4 Å². The molecule has 6 heteroatoms. The number of rotatable bonds is 8. The molecule has 0 aliphatic heterocycles. The Kier molecular flexibility index (Phi) is 6.11. The minimum atomic E-state index is -0.477. The lowest BCUT2D eigenvalue weighted by Gasteiger charge is -2.26. The molecule has 4 N–H and O–H groups in total. The Morgan fingerprint density at radius 1 is 1.21 bits per heavy atom. The zero-order valence-electron chi connectivity index (χ0n) is 11.4. The van der Waals surface area contributed by atoms with Crippen LogP contribution in [0.25, 0.3) is 0 Å². The number of benzene rings is 1. The van der Waals surface area contributed by atoms with Crippen LogP contribution in [0.1, 0.15) is 10.4 Å². The first-order valence-electron chi connectivity index (χ1n) is 6.02. The number of hydrogen-bond acceptors (Lipinski definition) is 5. The van der Waals surface area contributed by atoms with Crippen molar-refractivity contribution in [1.29, 1.82) is 0 Å². The molecule has 0 aliphatic rings. The van der Waals surface area contributed by atoms with Gasteiger partial charge in [0.25, 0.3) is 5.91 Å². The minimum Gasteiger partial charge on any atom is -0.399 e. The molecule has 0 heterocycles. The van der Waals surface area contributed by atoms with Gasteiger partial charge in [0.15, 0.2) is 0 Å². The van der Waals surface area contributed by atoms with Gasteiger partial charge >= 0.3 is 0 Å². The summed E-state index contributed by atoms with van der Waals surface area (Å²) in [7, 11) is 3.26. The Morgan fingerprint density at radius 3 is 2.26 bits per heavy atom. The molecule has 1 aromatic rings. The van der Waals surface area contributed by atoms with E-state index in [9.17, 15) is 4.79 Å². The van der Waals surface area contributed by atoms with Gasteiger partial charge in [0.1, 0.15) is 0 Å². The smallest absolute Gasteiger partial charge is 0.250 e. The Hall–Kier alpha value is -1.79. The number of carbonyl (C=O) groups excluding carboxylic acids is 1. The molecule has 1 amide bonds. The molecule has 0 aromatic heterocycles. The summed E-state index contributed by atoms with van der Waals surface area (Å²) in [5.41, 5.74) is 12.9. The highest BCUT2D eigenvalue weighted by Gasteiger charge is 2.15. The average molecular weight is 267 g/mol. The first-order chi connectivity index (χ1) is 9.10. The number of nitrogens with zero attached hydrogens (tertiary/aromatic N) is 1. The Morgan fingerprint density at radius 2 is 1.79 bits per heavy atom. The number of primary amides is 1. The molecule has 0 spiro atoms. The second-order valence-corrected chi connectivity index (χ2v) is 4.11. The number of hydrogen-bond donors (Lipinski definition) is 2. The van der Waals surface area contributed by atoms with Crippen molar-refractivity contribution < 1.29 is 14.3 Å². The molecule has 0 fully saturated rings. The van der Waals surface area contributed by atoms with Crippen molar-refractivity contribution in [2.45, 2.75) is 0 Å². The van der Waals surface area contributed by atoms with E-state index in [4.69, 9.17) is 20.9 Å². The zero-order chi connectivity index (χ0) is 14.3. The molecule has 6 nitrogen and oxygen atoms in total. The van der Waals surface area contributed by atoms with Crippen LogP contribution in [0.15, 0.2) is 18.2 Å². The first-order valence-corrected chi connectivity index (χ1v) is 6.02. The Labute approximate surface area is 113 Å². The molecule has 0 saturated carbocycles. The van der Waals surface area contributed by atoms with Gasteiger partial charge in [0, 0.05) is 33.0 Å². The van der Waals surface area contributed by atoms with Crippen LogP contribution in [0, 0.1) is 0 Å². The van der Waals surface area contributed by atoms with Gasteiger partial charge in [0.2, 0.25) is 0 Å². The van der Waals surface area contributed by atoms with Crippen LogP contribution >= 0.6 is 0 Å². The number of methoxy groups -OCH3 is 2. The second-order valence-electron chi connectivity index (χ2n) is 4.11. The number of nitrogens with two attached hydrogens (primary N) is 2. The summed E-state index contributed by atoms with van der Waals surface area (Å²) in [4.78, 5) is 13.5. The second kappa shape index (κ2) is 7.60. The number of amides is 1. The number of nitrogen functional groups attached to an aromatic ring is 1. The summed E-state index contributed by atoms with van der Waals surface area (Å²) < 4.78 is 10.1. The number of anilines is 2. The van der Waals surface area contributed by atoms with Crippen molar-refractivity contribution in [2.24, 2.45) is 5.73 Å². The normalized spacial score (nSPS) is 10.4. The van der Waals surface area contributed by atoms with Crippen molar-refractivity contribution in [3.05, 3.63) is 23.8 Å². The number of ether oxygens (including phenoxy) is 2. The van der Waals surface area contributed by atoms with Crippen LogP contribution in [-0.4, -0.2) is 46.4 Å². The van der Waals surface area contributed by atoms with Crippen LogP contribution in [0.3, 0.4) is 0 Å². The molecule has 0 aliphatic carbocycles. The molecule has 19 heavy (non-hydrogen) atoms. The largest absolute Gasteiger partial charge is 0.399 e. The van der Waals surface area contributed by atoms with Crippen molar-refractivity contribution in [3.8, 4) is 0 Å². The van der Waals surface area contributed by atoms with E-state index in [0.717, 1.165) is 0 Å². The van der Waals surface area contributed by atoms with Crippen LogP contribution in [-0.2, 0) is 9.47 Å². The van der Waals surface area contributed by atoms with Crippen molar-refractivity contribution in [2.75, 3.05) is 51.2 Å². The minimum absolute atomic E-state index is 0.446. The van der Waals surface area contributed by atoms with Gasteiger partial charge in [0.05, 0.1) is 24.5 Å². The monoisotopic (exact) mass is 267 g/mol. The molecule has 106 valence electrons. The lowest BCUT2D eigenvalue weighted by Crippen LogP contribution is -2.32. The van der Waals surface area contributed by atoms with E-state index in [1.807, 2.05) is 4.90 Å². The average Bonchev–Trinajstić information content (AvgIpc) is 2.38. The molecule has 0 bridgehead atoms. The van der Waals surface area contributed by atoms with Gasteiger partial charge < -0.3 is 25.8 Å². The Bertz CT molecular complexity index is 416. The summed E-state index contributed by atoms with van der Waals surface area (Å²) in [6.07, 6.45) is 0. The van der Waals surface area contributed by atoms with Crippen LogP contribution in [0.4, 0.5) is 11.4 Å².